The van der Waals surface area contributed by atoms with Gasteiger partial charge in [0, 0.05) is 11.6 Å². The molecule has 0 saturated carbocycles. The van der Waals surface area contributed by atoms with E-state index in [1.54, 1.807) is 42.5 Å². The number of hydrogen-bond acceptors (Lipinski definition) is 6. The van der Waals surface area contributed by atoms with Gasteiger partial charge in [-0.1, -0.05) is 24.8 Å². The summed E-state index contributed by atoms with van der Waals surface area (Å²) < 4.78 is 15.1. The first kappa shape index (κ1) is 17.8. The smallest absolute Gasteiger partial charge is 0.349 e. The Bertz CT molecular complexity index is 853. The minimum absolute atomic E-state index is 0.0216. The van der Waals surface area contributed by atoms with E-state index in [9.17, 15) is 9.59 Å². The summed E-state index contributed by atoms with van der Waals surface area (Å²) in [5.74, 6) is -0.312. The highest BCUT2D eigenvalue weighted by Crippen LogP contribution is 2.24. The van der Waals surface area contributed by atoms with Crippen molar-refractivity contribution >= 4 is 18.0 Å². The van der Waals surface area contributed by atoms with Crippen LogP contribution < -0.4 is 0 Å². The third-order valence-electron chi connectivity index (χ3n) is 3.18. The maximum atomic E-state index is 11.7. The van der Waals surface area contributed by atoms with Gasteiger partial charge in [0.15, 0.2) is 0 Å². The normalized spacial score (nSPS) is 10.6. The predicted octanol–water partition coefficient (Wildman–Crippen LogP) is 3.37. The molecule has 0 radical (unpaired) electrons. The van der Waals surface area contributed by atoms with Crippen LogP contribution in [0, 0.1) is 11.3 Å². The van der Waals surface area contributed by atoms with Gasteiger partial charge in [-0.3, -0.25) is 0 Å². The number of nitriles is 1. The second-order valence-corrected chi connectivity index (χ2v) is 4.83. The summed E-state index contributed by atoms with van der Waals surface area (Å²) in [6.07, 6.45) is 2.72. The van der Waals surface area contributed by atoms with Gasteiger partial charge in [-0.05, 0) is 24.3 Å². The first-order valence-electron chi connectivity index (χ1n) is 7.27. The summed E-state index contributed by atoms with van der Waals surface area (Å²) in [6.45, 7) is 3.46. The molecule has 0 bridgehead atoms. The molecule has 2 rings (SSSR count). The lowest BCUT2D eigenvalue weighted by molar-refractivity contribution is -0.137. The number of esters is 2. The van der Waals surface area contributed by atoms with Gasteiger partial charge in [-0.25, -0.2) is 9.59 Å². The number of furan rings is 1. The molecule has 6 nitrogen and oxygen atoms in total. The zero-order chi connectivity index (χ0) is 18.2. The topological polar surface area (TPSA) is 89.5 Å². The lowest BCUT2D eigenvalue weighted by Crippen LogP contribution is -2.06. The molecule has 126 valence electrons. The van der Waals surface area contributed by atoms with Crippen LogP contribution in [-0.4, -0.2) is 25.7 Å². The van der Waals surface area contributed by atoms with Gasteiger partial charge in [-0.15, -0.1) is 0 Å². The number of nitrogens with zero attached hydrogens (tertiary/aromatic N) is 1. The second-order valence-electron chi connectivity index (χ2n) is 4.83. The second kappa shape index (κ2) is 8.31. The van der Waals surface area contributed by atoms with Crippen molar-refractivity contribution in [3.8, 4) is 17.4 Å². The maximum Gasteiger partial charge on any atom is 0.349 e. The summed E-state index contributed by atoms with van der Waals surface area (Å²) in [5.41, 5.74) is 0.985. The third-order valence-corrected chi connectivity index (χ3v) is 3.18. The van der Waals surface area contributed by atoms with Crippen LogP contribution in [0.25, 0.3) is 17.4 Å². The fourth-order valence-electron chi connectivity index (χ4n) is 1.97. The quantitative estimate of drug-likeness (QED) is 0.347. The molecule has 0 N–H and O–H groups in total. The van der Waals surface area contributed by atoms with Crippen molar-refractivity contribution in [2.24, 2.45) is 0 Å². The molecule has 0 spiro atoms. The lowest BCUT2D eigenvalue weighted by Gasteiger charge is -2.01. The molecule has 0 fully saturated rings. The van der Waals surface area contributed by atoms with Gasteiger partial charge < -0.3 is 13.9 Å². The molecule has 0 saturated heterocycles. The standard InChI is InChI=1S/C19H15NO5/c1-3-10-24-19(22)15(12-20)11-16-8-9-17(25-16)13-4-6-14(7-5-13)18(21)23-2/h3-9,11H,1,10H2,2H3/b15-11-. The van der Waals surface area contributed by atoms with Crippen LogP contribution in [0.4, 0.5) is 0 Å². The highest BCUT2D eigenvalue weighted by molar-refractivity contribution is 5.97. The average molecular weight is 337 g/mol. The summed E-state index contributed by atoms with van der Waals surface area (Å²) in [4.78, 5) is 23.1. The van der Waals surface area contributed by atoms with Crippen molar-refractivity contribution in [3.05, 3.63) is 65.9 Å². The van der Waals surface area contributed by atoms with Crippen molar-refractivity contribution in [3.63, 3.8) is 0 Å². The van der Waals surface area contributed by atoms with E-state index in [1.807, 2.05) is 0 Å². The highest BCUT2D eigenvalue weighted by atomic mass is 16.5. The largest absolute Gasteiger partial charge is 0.465 e. The number of ether oxygens (including phenoxy) is 2. The molecule has 25 heavy (non-hydrogen) atoms. The minimum Gasteiger partial charge on any atom is -0.465 e. The third kappa shape index (κ3) is 4.45. The summed E-state index contributed by atoms with van der Waals surface area (Å²) in [7, 11) is 1.31. The molecule has 1 aromatic carbocycles. The maximum absolute atomic E-state index is 11.7. The van der Waals surface area contributed by atoms with Crippen LogP contribution >= 0.6 is 0 Å². The van der Waals surface area contributed by atoms with Crippen LogP contribution in [0.1, 0.15) is 16.1 Å². The van der Waals surface area contributed by atoms with Gasteiger partial charge >= 0.3 is 11.9 Å². The number of hydrogen-bond donors (Lipinski definition) is 0. The molecule has 0 unspecified atom stereocenters. The van der Waals surface area contributed by atoms with E-state index in [2.05, 4.69) is 11.3 Å². The van der Waals surface area contributed by atoms with E-state index >= 15 is 0 Å². The van der Waals surface area contributed by atoms with Crippen molar-refractivity contribution in [1.29, 1.82) is 5.26 Å². The van der Waals surface area contributed by atoms with E-state index in [1.165, 1.54) is 19.3 Å². The fourth-order valence-corrected chi connectivity index (χ4v) is 1.97. The monoisotopic (exact) mass is 337 g/mol. The van der Waals surface area contributed by atoms with Crippen molar-refractivity contribution in [1.82, 2.24) is 0 Å². The zero-order valence-electron chi connectivity index (χ0n) is 13.5. The number of carbonyl (C=O) groups excluding carboxylic acids is 2. The van der Waals surface area contributed by atoms with Crippen LogP contribution in [0.2, 0.25) is 0 Å². The van der Waals surface area contributed by atoms with Crippen LogP contribution in [0.5, 0.6) is 0 Å². The van der Waals surface area contributed by atoms with Gasteiger partial charge in [0.1, 0.15) is 29.8 Å². The van der Waals surface area contributed by atoms with Gasteiger partial charge in [0.25, 0.3) is 0 Å². The van der Waals surface area contributed by atoms with Gasteiger partial charge in [0.2, 0.25) is 0 Å². The molecular formula is C19H15NO5. The number of methoxy groups -OCH3 is 1. The van der Waals surface area contributed by atoms with Gasteiger partial charge in [0.05, 0.1) is 12.7 Å². The van der Waals surface area contributed by atoms with Crippen molar-refractivity contribution in [2.45, 2.75) is 0 Å². The van der Waals surface area contributed by atoms with Crippen LogP contribution in [0.3, 0.4) is 0 Å². The van der Waals surface area contributed by atoms with Crippen LogP contribution in [-0.2, 0) is 14.3 Å². The van der Waals surface area contributed by atoms with E-state index < -0.39 is 11.9 Å². The molecule has 1 aromatic heterocycles. The lowest BCUT2D eigenvalue weighted by atomic mass is 10.1. The van der Waals surface area contributed by atoms with E-state index in [0.29, 0.717) is 17.1 Å². The summed E-state index contributed by atoms with van der Waals surface area (Å²) in [5, 5.41) is 9.06. The minimum atomic E-state index is -0.747. The molecule has 2 aromatic rings. The molecule has 0 aliphatic carbocycles. The first-order valence-corrected chi connectivity index (χ1v) is 7.27. The summed E-state index contributed by atoms with van der Waals surface area (Å²) in [6, 6.07) is 11.8. The number of benzene rings is 1. The SMILES string of the molecule is C=CCOC(=O)/C(C#N)=C\c1ccc(-c2ccc(C(=O)OC)cc2)o1. The molecule has 1 heterocycles. The zero-order valence-corrected chi connectivity index (χ0v) is 13.5. The van der Waals surface area contributed by atoms with E-state index in [4.69, 9.17) is 14.4 Å². The van der Waals surface area contributed by atoms with E-state index in [0.717, 1.165) is 5.56 Å². The molecular weight excluding hydrogens is 322 g/mol. The van der Waals surface area contributed by atoms with E-state index in [-0.39, 0.29) is 12.2 Å². The van der Waals surface area contributed by atoms with Crippen molar-refractivity contribution in [2.75, 3.05) is 13.7 Å². The molecule has 0 amide bonds. The molecule has 0 atom stereocenters. The Labute approximate surface area is 144 Å². The number of rotatable bonds is 6. The Hall–Kier alpha value is -3.59. The average Bonchev–Trinajstić information content (AvgIpc) is 3.12. The van der Waals surface area contributed by atoms with Crippen molar-refractivity contribution < 1.29 is 23.5 Å². The Balaban J connectivity index is 2.20. The van der Waals surface area contributed by atoms with Crippen LogP contribution in [0.15, 0.2) is 59.0 Å². The molecule has 6 heteroatoms. The Kier molecular flexibility index (Phi) is 5.91. The highest BCUT2D eigenvalue weighted by Gasteiger charge is 2.12. The molecule has 0 aliphatic rings. The Morgan fingerprint density at radius 2 is 1.96 bits per heavy atom. The van der Waals surface area contributed by atoms with Gasteiger partial charge in [-0.2, -0.15) is 5.26 Å². The first-order chi connectivity index (χ1) is 12.1. The predicted molar refractivity (Wildman–Crippen MR) is 90.2 cm³/mol. The Morgan fingerprint density at radius 3 is 2.56 bits per heavy atom. The molecule has 0 aliphatic heterocycles. The Morgan fingerprint density at radius 1 is 1.24 bits per heavy atom. The fraction of sp³-hybridized carbons (Fsp3) is 0.105. The summed E-state index contributed by atoms with van der Waals surface area (Å²) >= 11 is 0. The number of carbonyl (C=O) groups is 2.